The fraction of sp³-hybridized carbons (Fsp3) is 0.917. The summed E-state index contributed by atoms with van der Waals surface area (Å²) < 4.78 is 0. The van der Waals surface area contributed by atoms with Gasteiger partial charge in [-0.3, -0.25) is 4.79 Å². The number of hydrogen-bond donors (Lipinski definition) is 2. The zero-order valence-corrected chi connectivity index (χ0v) is 11.0. The zero-order valence-electron chi connectivity index (χ0n) is 10.2. The molecule has 1 saturated carbocycles. The van der Waals surface area contributed by atoms with Crippen LogP contribution in [0.1, 0.15) is 51.9 Å². The highest BCUT2D eigenvalue weighted by Gasteiger charge is 2.24. The first kappa shape index (κ1) is 15.7. The molecule has 0 saturated heterocycles. The van der Waals surface area contributed by atoms with E-state index >= 15 is 0 Å². The van der Waals surface area contributed by atoms with Crippen molar-refractivity contribution in [3.63, 3.8) is 0 Å². The normalized spacial score (nSPS) is 24.6. The van der Waals surface area contributed by atoms with Crippen LogP contribution in [0.25, 0.3) is 0 Å². The molecule has 3 N–H and O–H groups in total. The monoisotopic (exact) mass is 248 g/mol. The van der Waals surface area contributed by atoms with E-state index in [0.717, 1.165) is 38.6 Å². The molecule has 1 aliphatic carbocycles. The Morgan fingerprint density at radius 1 is 1.38 bits per heavy atom. The Bertz CT molecular complexity index is 199. The smallest absolute Gasteiger partial charge is 0.223 e. The van der Waals surface area contributed by atoms with Crippen molar-refractivity contribution in [2.24, 2.45) is 11.7 Å². The van der Waals surface area contributed by atoms with Crippen molar-refractivity contribution in [2.45, 2.75) is 57.9 Å². The van der Waals surface area contributed by atoms with Crippen LogP contribution in [0.3, 0.4) is 0 Å². The molecule has 2 atom stereocenters. The Hall–Kier alpha value is -0.280. The minimum Gasteiger partial charge on any atom is -0.356 e. The summed E-state index contributed by atoms with van der Waals surface area (Å²) in [7, 11) is 0. The van der Waals surface area contributed by atoms with Gasteiger partial charge in [0.1, 0.15) is 0 Å². The number of nitrogens with one attached hydrogen (secondary N) is 1. The average Bonchev–Trinajstić information content (AvgIpc) is 2.24. The summed E-state index contributed by atoms with van der Waals surface area (Å²) in [5.41, 5.74) is 5.86. The molecule has 1 amide bonds. The molecule has 0 aromatic carbocycles. The molecule has 3 nitrogen and oxygen atoms in total. The van der Waals surface area contributed by atoms with Gasteiger partial charge in [0, 0.05) is 18.5 Å². The van der Waals surface area contributed by atoms with Crippen molar-refractivity contribution >= 4 is 18.3 Å². The van der Waals surface area contributed by atoms with Crippen molar-refractivity contribution in [3.05, 3.63) is 0 Å². The van der Waals surface area contributed by atoms with E-state index in [1.54, 1.807) is 0 Å². The Kier molecular flexibility index (Phi) is 8.67. The van der Waals surface area contributed by atoms with Gasteiger partial charge >= 0.3 is 0 Å². The maximum absolute atomic E-state index is 11.7. The molecule has 0 aromatic heterocycles. The second-order valence-electron chi connectivity index (χ2n) is 4.62. The quantitative estimate of drug-likeness (QED) is 0.734. The number of carbonyl (C=O) groups is 1. The second kappa shape index (κ2) is 8.82. The van der Waals surface area contributed by atoms with E-state index in [1.165, 1.54) is 12.8 Å². The molecule has 1 fully saturated rings. The highest BCUT2D eigenvalue weighted by Crippen LogP contribution is 2.22. The van der Waals surface area contributed by atoms with Gasteiger partial charge in [-0.1, -0.05) is 26.2 Å². The molecule has 1 rings (SSSR count). The van der Waals surface area contributed by atoms with Crippen molar-refractivity contribution in [1.82, 2.24) is 5.32 Å². The van der Waals surface area contributed by atoms with Crippen LogP contribution in [-0.2, 0) is 4.79 Å². The van der Waals surface area contributed by atoms with Gasteiger partial charge in [0.2, 0.25) is 5.91 Å². The number of hydrogen-bond acceptors (Lipinski definition) is 2. The van der Waals surface area contributed by atoms with E-state index in [2.05, 4.69) is 12.2 Å². The maximum Gasteiger partial charge on any atom is 0.223 e. The second-order valence-corrected chi connectivity index (χ2v) is 4.62. The van der Waals surface area contributed by atoms with E-state index in [1.807, 2.05) is 0 Å². The zero-order chi connectivity index (χ0) is 11.1. The molecule has 1 aliphatic rings. The first-order valence-corrected chi connectivity index (χ1v) is 6.27. The van der Waals surface area contributed by atoms with Crippen LogP contribution in [0, 0.1) is 5.92 Å². The van der Waals surface area contributed by atoms with Gasteiger partial charge in [0.15, 0.2) is 0 Å². The molecule has 0 bridgehead atoms. The Balaban J connectivity index is 0.00000225. The molecule has 0 heterocycles. The number of halogens is 1. The molecular formula is C12H25ClN2O. The molecule has 0 aliphatic heterocycles. The number of unbranched alkanes of at least 4 members (excludes halogenated alkanes) is 2. The Morgan fingerprint density at radius 3 is 2.75 bits per heavy atom. The largest absolute Gasteiger partial charge is 0.356 e. The number of rotatable bonds is 5. The minimum atomic E-state index is 0. The van der Waals surface area contributed by atoms with Crippen LogP contribution >= 0.6 is 12.4 Å². The molecule has 4 heteroatoms. The molecule has 2 unspecified atom stereocenters. The predicted octanol–water partition coefficient (Wildman–Crippen LogP) is 2.23. The van der Waals surface area contributed by atoms with Crippen LogP contribution in [-0.4, -0.2) is 18.5 Å². The third kappa shape index (κ3) is 5.71. The van der Waals surface area contributed by atoms with E-state index in [0.29, 0.717) is 0 Å². The fourth-order valence-electron chi connectivity index (χ4n) is 2.20. The summed E-state index contributed by atoms with van der Waals surface area (Å²) >= 11 is 0. The van der Waals surface area contributed by atoms with Gasteiger partial charge in [-0.05, 0) is 25.7 Å². The topological polar surface area (TPSA) is 55.1 Å². The lowest BCUT2D eigenvalue weighted by Crippen LogP contribution is -2.38. The van der Waals surface area contributed by atoms with Crippen molar-refractivity contribution < 1.29 is 4.79 Å². The lowest BCUT2D eigenvalue weighted by atomic mass is 9.85. The van der Waals surface area contributed by atoms with Crippen molar-refractivity contribution in [1.29, 1.82) is 0 Å². The van der Waals surface area contributed by atoms with Gasteiger partial charge in [-0.2, -0.15) is 0 Å². The minimum absolute atomic E-state index is 0. The summed E-state index contributed by atoms with van der Waals surface area (Å²) in [5, 5.41) is 3.01. The maximum atomic E-state index is 11.7. The fourth-order valence-corrected chi connectivity index (χ4v) is 2.20. The van der Waals surface area contributed by atoms with E-state index in [-0.39, 0.29) is 30.3 Å². The summed E-state index contributed by atoms with van der Waals surface area (Å²) in [6, 6.07) is 0.241. The van der Waals surface area contributed by atoms with Crippen molar-refractivity contribution in [3.8, 4) is 0 Å². The molecule has 16 heavy (non-hydrogen) atoms. The Labute approximate surface area is 105 Å². The number of nitrogens with two attached hydrogens (primary N) is 1. The third-order valence-electron chi connectivity index (χ3n) is 3.17. The third-order valence-corrected chi connectivity index (χ3v) is 3.17. The first-order valence-electron chi connectivity index (χ1n) is 6.27. The van der Waals surface area contributed by atoms with Gasteiger partial charge in [0.25, 0.3) is 0 Å². The highest BCUT2D eigenvalue weighted by atomic mass is 35.5. The summed E-state index contributed by atoms with van der Waals surface area (Å²) in [6.07, 6.45) is 7.58. The number of carbonyl (C=O) groups excluding carboxylic acids is 1. The van der Waals surface area contributed by atoms with Gasteiger partial charge < -0.3 is 11.1 Å². The first-order chi connectivity index (χ1) is 7.24. The molecule has 0 aromatic rings. The lowest BCUT2D eigenvalue weighted by molar-refractivity contribution is -0.126. The SMILES string of the molecule is CCCCCNC(=O)C1CCCC(N)C1.Cl. The number of amides is 1. The predicted molar refractivity (Wildman–Crippen MR) is 69.7 cm³/mol. The summed E-state index contributed by atoms with van der Waals surface area (Å²) in [5.74, 6) is 0.400. The standard InChI is InChI=1S/C12H24N2O.ClH/c1-2-3-4-8-14-12(15)10-6-5-7-11(13)9-10;/h10-11H,2-9,13H2,1H3,(H,14,15);1H. The summed E-state index contributed by atoms with van der Waals surface area (Å²) in [4.78, 5) is 11.7. The van der Waals surface area contributed by atoms with Crippen LogP contribution < -0.4 is 11.1 Å². The van der Waals surface area contributed by atoms with Crippen molar-refractivity contribution in [2.75, 3.05) is 6.54 Å². The summed E-state index contributed by atoms with van der Waals surface area (Å²) in [6.45, 7) is 3.00. The molecule has 0 radical (unpaired) electrons. The van der Waals surface area contributed by atoms with Crippen LogP contribution in [0.4, 0.5) is 0 Å². The van der Waals surface area contributed by atoms with Crippen LogP contribution in [0.2, 0.25) is 0 Å². The molecule has 96 valence electrons. The molecule has 0 spiro atoms. The lowest BCUT2D eigenvalue weighted by Gasteiger charge is -2.25. The molecular weight excluding hydrogens is 224 g/mol. The Morgan fingerprint density at radius 2 is 2.12 bits per heavy atom. The van der Waals surface area contributed by atoms with Gasteiger partial charge in [-0.25, -0.2) is 0 Å². The van der Waals surface area contributed by atoms with Crippen LogP contribution in [0.5, 0.6) is 0 Å². The van der Waals surface area contributed by atoms with E-state index in [9.17, 15) is 4.79 Å². The average molecular weight is 249 g/mol. The highest BCUT2D eigenvalue weighted by molar-refractivity contribution is 5.85. The van der Waals surface area contributed by atoms with Gasteiger partial charge in [-0.15, -0.1) is 12.4 Å². The van der Waals surface area contributed by atoms with Gasteiger partial charge in [0.05, 0.1) is 0 Å². The van der Waals surface area contributed by atoms with E-state index in [4.69, 9.17) is 5.73 Å². The van der Waals surface area contributed by atoms with E-state index < -0.39 is 0 Å². The van der Waals surface area contributed by atoms with Crippen LogP contribution in [0.15, 0.2) is 0 Å².